The van der Waals surface area contributed by atoms with Crippen molar-refractivity contribution >= 4 is 23.6 Å². The van der Waals surface area contributed by atoms with Crippen molar-refractivity contribution < 1.29 is 14.3 Å². The van der Waals surface area contributed by atoms with E-state index in [-0.39, 0.29) is 24.6 Å². The molecule has 9 heteroatoms. The molecule has 8 nitrogen and oxygen atoms in total. The minimum atomic E-state index is -0.369. The van der Waals surface area contributed by atoms with Crippen LogP contribution in [0, 0.1) is 6.92 Å². The predicted molar refractivity (Wildman–Crippen MR) is 124 cm³/mol. The van der Waals surface area contributed by atoms with E-state index < -0.39 is 0 Å². The van der Waals surface area contributed by atoms with Gasteiger partial charge in [-0.05, 0) is 62.6 Å². The third-order valence-corrected chi connectivity index (χ3v) is 7.24. The molecule has 2 bridgehead atoms. The first-order valence-electron chi connectivity index (χ1n) is 11.6. The Kier molecular flexibility index (Phi) is 6.05. The number of piperazine rings is 1. The van der Waals surface area contributed by atoms with Crippen molar-refractivity contribution in [1.82, 2.24) is 24.5 Å². The number of hydrogen-bond donors (Lipinski definition) is 0. The molecule has 176 valence electrons. The summed E-state index contributed by atoms with van der Waals surface area (Å²) in [6.07, 6.45) is 2.59. The van der Waals surface area contributed by atoms with Crippen LogP contribution in [0.2, 0.25) is 5.02 Å². The Bertz CT molecular complexity index is 1050. The van der Waals surface area contributed by atoms with Gasteiger partial charge >= 0.3 is 6.09 Å². The van der Waals surface area contributed by atoms with E-state index in [0.717, 1.165) is 49.2 Å². The molecule has 4 aliphatic heterocycles. The van der Waals surface area contributed by atoms with Crippen LogP contribution in [-0.2, 0) is 24.4 Å². The van der Waals surface area contributed by atoms with Gasteiger partial charge in [0, 0.05) is 43.3 Å². The van der Waals surface area contributed by atoms with E-state index in [4.69, 9.17) is 16.3 Å². The monoisotopic (exact) mass is 471 g/mol. The van der Waals surface area contributed by atoms with Gasteiger partial charge in [0.25, 0.3) is 5.91 Å². The van der Waals surface area contributed by atoms with Gasteiger partial charge in [-0.25, -0.2) is 4.79 Å². The van der Waals surface area contributed by atoms with E-state index in [9.17, 15) is 9.59 Å². The quantitative estimate of drug-likeness (QED) is 0.686. The lowest BCUT2D eigenvalue weighted by Gasteiger charge is -2.50. The summed E-state index contributed by atoms with van der Waals surface area (Å²) in [5.41, 5.74) is 3.23. The summed E-state index contributed by atoms with van der Waals surface area (Å²) < 4.78 is 7.43. The molecule has 3 fully saturated rings. The number of ether oxygens (including phenoxy) is 1. The molecule has 3 saturated heterocycles. The summed E-state index contributed by atoms with van der Waals surface area (Å²) in [5.74, 6) is 0.00354. The zero-order valence-electron chi connectivity index (χ0n) is 19.2. The molecule has 2 unspecified atom stereocenters. The van der Waals surface area contributed by atoms with Crippen molar-refractivity contribution in [3.8, 4) is 0 Å². The Balaban J connectivity index is 1.24. The molecular formula is C24H30ClN5O3. The number of amides is 2. The number of likely N-dealkylation sites (N-methyl/N-ethyl adjacent to an activating group) is 1. The van der Waals surface area contributed by atoms with Crippen LogP contribution in [0.15, 0.2) is 24.3 Å². The fourth-order valence-corrected chi connectivity index (χ4v) is 5.60. The molecule has 4 aliphatic rings. The summed E-state index contributed by atoms with van der Waals surface area (Å²) in [6.45, 7) is 5.46. The first-order valence-corrected chi connectivity index (χ1v) is 12.0. The van der Waals surface area contributed by atoms with Crippen LogP contribution >= 0.6 is 11.6 Å². The number of aromatic nitrogens is 2. The smallest absolute Gasteiger partial charge is 0.410 e. The summed E-state index contributed by atoms with van der Waals surface area (Å²) in [7, 11) is 2.14. The molecule has 5 heterocycles. The average Bonchev–Trinajstić information content (AvgIpc) is 3.08. The van der Waals surface area contributed by atoms with Crippen LogP contribution in [0.25, 0.3) is 0 Å². The molecule has 0 spiro atoms. The maximum Gasteiger partial charge on any atom is 0.410 e. The van der Waals surface area contributed by atoms with Crippen LogP contribution < -0.4 is 0 Å². The van der Waals surface area contributed by atoms with Gasteiger partial charge in [-0.15, -0.1) is 0 Å². The van der Waals surface area contributed by atoms with Crippen molar-refractivity contribution in [3.63, 3.8) is 0 Å². The van der Waals surface area contributed by atoms with Gasteiger partial charge in [0.2, 0.25) is 0 Å². The largest absolute Gasteiger partial charge is 0.445 e. The van der Waals surface area contributed by atoms with Crippen molar-refractivity contribution in [2.45, 2.75) is 58.0 Å². The van der Waals surface area contributed by atoms with E-state index >= 15 is 0 Å². The van der Waals surface area contributed by atoms with Gasteiger partial charge < -0.3 is 14.5 Å². The minimum absolute atomic E-state index is 0.00354. The topological polar surface area (TPSA) is 70.9 Å². The summed E-state index contributed by atoms with van der Waals surface area (Å²) >= 11 is 6.11. The van der Waals surface area contributed by atoms with E-state index in [1.165, 1.54) is 0 Å². The average molecular weight is 472 g/mol. The van der Waals surface area contributed by atoms with Crippen molar-refractivity contribution in [1.29, 1.82) is 0 Å². The van der Waals surface area contributed by atoms with Gasteiger partial charge in [0.1, 0.15) is 6.61 Å². The zero-order chi connectivity index (χ0) is 23.1. The van der Waals surface area contributed by atoms with E-state index in [1.54, 1.807) is 4.90 Å². The maximum absolute atomic E-state index is 13.2. The lowest BCUT2D eigenvalue weighted by molar-refractivity contribution is -0.000498. The van der Waals surface area contributed by atoms with Crippen LogP contribution in [-0.4, -0.2) is 75.2 Å². The molecule has 2 atom stereocenters. The second-order valence-corrected chi connectivity index (χ2v) is 9.93. The van der Waals surface area contributed by atoms with Crippen LogP contribution in [0.5, 0.6) is 0 Å². The molecule has 0 saturated carbocycles. The van der Waals surface area contributed by atoms with E-state index in [0.29, 0.717) is 36.4 Å². The molecule has 6 rings (SSSR count). The minimum Gasteiger partial charge on any atom is -0.445 e. The van der Waals surface area contributed by atoms with Gasteiger partial charge in [0.15, 0.2) is 5.69 Å². The number of carbonyl (C=O) groups excluding carboxylic acids is 2. The maximum atomic E-state index is 13.2. The normalized spacial score (nSPS) is 22.8. The molecule has 0 N–H and O–H groups in total. The van der Waals surface area contributed by atoms with E-state index in [1.807, 2.05) is 40.8 Å². The molecule has 1 aromatic carbocycles. The van der Waals surface area contributed by atoms with Crippen LogP contribution in [0.3, 0.4) is 0 Å². The highest BCUT2D eigenvalue weighted by atomic mass is 35.5. The Labute approximate surface area is 199 Å². The van der Waals surface area contributed by atoms with Gasteiger partial charge in [-0.3, -0.25) is 14.4 Å². The second kappa shape index (κ2) is 8.99. The lowest BCUT2D eigenvalue weighted by Crippen LogP contribution is -2.62. The number of aryl methyl sites for hydroxylation is 2. The molecule has 33 heavy (non-hydrogen) atoms. The highest BCUT2D eigenvalue weighted by Crippen LogP contribution is 2.29. The fourth-order valence-electron chi connectivity index (χ4n) is 5.29. The molecule has 2 amide bonds. The van der Waals surface area contributed by atoms with Crippen molar-refractivity contribution in [2.24, 2.45) is 0 Å². The Hall–Kier alpha value is -2.58. The third kappa shape index (κ3) is 4.59. The van der Waals surface area contributed by atoms with Gasteiger partial charge in [-0.2, -0.15) is 5.10 Å². The first kappa shape index (κ1) is 22.2. The number of hydrogen-bond acceptors (Lipinski definition) is 5. The predicted octanol–water partition coefficient (Wildman–Crippen LogP) is 3.31. The Morgan fingerprint density at radius 3 is 2.67 bits per heavy atom. The molecule has 0 aliphatic carbocycles. The van der Waals surface area contributed by atoms with Crippen LogP contribution in [0.1, 0.15) is 46.6 Å². The summed E-state index contributed by atoms with van der Waals surface area (Å²) in [5, 5.41) is 5.24. The SMILES string of the molecule is Cc1cc(Cl)cc(COC(=O)N2CCCn3nc(C(=O)N4CC5CCC4CN5C)cc3C2)c1. The second-order valence-electron chi connectivity index (χ2n) is 9.49. The number of fused-ring (bicyclic) bond motifs is 4. The number of piperidine rings is 2. The molecule has 0 radical (unpaired) electrons. The number of benzene rings is 1. The molecule has 2 aromatic rings. The third-order valence-electron chi connectivity index (χ3n) is 7.02. The summed E-state index contributed by atoms with van der Waals surface area (Å²) in [4.78, 5) is 32.1. The highest BCUT2D eigenvalue weighted by Gasteiger charge is 2.40. The first-order chi connectivity index (χ1) is 15.9. The van der Waals surface area contributed by atoms with E-state index in [2.05, 4.69) is 17.0 Å². The zero-order valence-corrected chi connectivity index (χ0v) is 19.9. The lowest BCUT2D eigenvalue weighted by atomic mass is 9.91. The molecule has 1 aromatic heterocycles. The molecular weight excluding hydrogens is 442 g/mol. The van der Waals surface area contributed by atoms with Gasteiger partial charge in [-0.1, -0.05) is 17.7 Å². The number of carbonyl (C=O) groups is 2. The van der Waals surface area contributed by atoms with Crippen molar-refractivity contribution in [2.75, 3.05) is 26.7 Å². The number of halogens is 1. The highest BCUT2D eigenvalue weighted by molar-refractivity contribution is 6.30. The number of rotatable bonds is 3. The van der Waals surface area contributed by atoms with Gasteiger partial charge in [0.05, 0.1) is 12.2 Å². The Morgan fingerprint density at radius 2 is 1.94 bits per heavy atom. The Morgan fingerprint density at radius 1 is 1.12 bits per heavy atom. The van der Waals surface area contributed by atoms with Crippen LogP contribution in [0.4, 0.5) is 4.79 Å². The standard InChI is InChI=1S/C24H30ClN5O3/c1-16-8-17(10-18(25)9-16)15-33-24(32)28-6-3-7-30-21(13-28)11-22(26-30)23(31)29-14-19-4-5-20(29)12-27(19)2/h8-11,19-20H,3-7,12-15H2,1-2H3. The van der Waals surface area contributed by atoms with Crippen molar-refractivity contribution in [3.05, 3.63) is 51.8 Å². The number of nitrogens with zero attached hydrogens (tertiary/aromatic N) is 5. The summed E-state index contributed by atoms with van der Waals surface area (Å²) in [6, 6.07) is 8.18. The fraction of sp³-hybridized carbons (Fsp3) is 0.542.